The van der Waals surface area contributed by atoms with E-state index in [1.165, 1.54) is 12.3 Å². The molecule has 4 saturated carbocycles. The second-order valence-corrected chi connectivity index (χ2v) is 10.8. The molecule has 0 bridgehead atoms. The average molecular weight is 417 g/mol. The monoisotopic (exact) mass is 416 g/mol. The molecule has 9 atom stereocenters. The van der Waals surface area contributed by atoms with Gasteiger partial charge in [-0.1, -0.05) is 13.8 Å². The first kappa shape index (κ1) is 20.4. The molecule has 0 saturated heterocycles. The van der Waals surface area contributed by atoms with Gasteiger partial charge < -0.3 is 19.7 Å². The summed E-state index contributed by atoms with van der Waals surface area (Å²) in [5, 5.41) is 33.7. The molecule has 1 aromatic rings. The van der Waals surface area contributed by atoms with Gasteiger partial charge in [0.05, 0.1) is 18.0 Å². The highest BCUT2D eigenvalue weighted by Crippen LogP contribution is 2.69. The maximum atomic E-state index is 13.7. The summed E-state index contributed by atoms with van der Waals surface area (Å²) in [6.45, 7) is 3.98. The van der Waals surface area contributed by atoms with E-state index in [2.05, 4.69) is 6.92 Å². The Labute approximate surface area is 176 Å². The fraction of sp³-hybridized carbons (Fsp3) is 0.750. The van der Waals surface area contributed by atoms with E-state index in [1.54, 1.807) is 6.07 Å². The van der Waals surface area contributed by atoms with Crippen molar-refractivity contribution in [1.82, 2.24) is 0 Å². The van der Waals surface area contributed by atoms with Crippen LogP contribution in [-0.4, -0.2) is 38.9 Å². The number of hydrogen-bond acceptors (Lipinski definition) is 6. The molecule has 0 amide bonds. The molecule has 30 heavy (non-hydrogen) atoms. The van der Waals surface area contributed by atoms with Gasteiger partial charge in [0, 0.05) is 17.4 Å². The number of aliphatic hydroxyl groups excluding tert-OH is 2. The van der Waals surface area contributed by atoms with Crippen molar-refractivity contribution in [3.8, 4) is 0 Å². The predicted octanol–water partition coefficient (Wildman–Crippen LogP) is 2.39. The van der Waals surface area contributed by atoms with Crippen LogP contribution in [0.4, 0.5) is 0 Å². The molecular formula is C24H32O6. The summed E-state index contributed by atoms with van der Waals surface area (Å²) >= 11 is 0. The molecule has 6 heteroatoms. The highest BCUT2D eigenvalue weighted by Gasteiger charge is 2.73. The van der Waals surface area contributed by atoms with Crippen LogP contribution in [0.3, 0.4) is 0 Å². The van der Waals surface area contributed by atoms with Crippen LogP contribution >= 0.6 is 0 Å². The Morgan fingerprint density at radius 2 is 1.80 bits per heavy atom. The van der Waals surface area contributed by atoms with E-state index in [1.807, 2.05) is 6.92 Å². The molecular weight excluding hydrogens is 384 g/mol. The SMILES string of the molecule is C[C@]12CC[C@H](O)C[C@@H]1CC[C@@H]1[C@@H]2C(=O)[C@H](O)[C@]2(C)[C@@H](c3ccc(=O)oc3)CC[C@]12O. The van der Waals surface area contributed by atoms with E-state index < -0.39 is 22.7 Å². The first-order chi connectivity index (χ1) is 14.1. The Balaban J connectivity index is 1.58. The third-order valence-electron chi connectivity index (χ3n) is 9.80. The van der Waals surface area contributed by atoms with Crippen LogP contribution in [0.25, 0.3) is 0 Å². The van der Waals surface area contributed by atoms with E-state index >= 15 is 0 Å². The molecule has 0 spiro atoms. The van der Waals surface area contributed by atoms with Gasteiger partial charge in [0.1, 0.15) is 6.10 Å². The van der Waals surface area contributed by atoms with E-state index in [0.29, 0.717) is 25.7 Å². The second-order valence-electron chi connectivity index (χ2n) is 10.8. The van der Waals surface area contributed by atoms with Gasteiger partial charge in [-0.3, -0.25) is 4.79 Å². The van der Waals surface area contributed by atoms with Crippen molar-refractivity contribution < 1.29 is 24.5 Å². The fourth-order valence-corrected chi connectivity index (χ4v) is 8.09. The molecule has 6 nitrogen and oxygen atoms in total. The number of aliphatic hydroxyl groups is 3. The van der Waals surface area contributed by atoms with E-state index in [-0.39, 0.29) is 41.0 Å². The van der Waals surface area contributed by atoms with Gasteiger partial charge in [0.15, 0.2) is 5.78 Å². The third kappa shape index (κ3) is 2.41. The van der Waals surface area contributed by atoms with Gasteiger partial charge in [0.2, 0.25) is 0 Å². The Morgan fingerprint density at radius 3 is 2.50 bits per heavy atom. The van der Waals surface area contributed by atoms with Crippen molar-refractivity contribution in [1.29, 1.82) is 0 Å². The van der Waals surface area contributed by atoms with E-state index in [4.69, 9.17) is 4.42 Å². The van der Waals surface area contributed by atoms with Gasteiger partial charge in [-0.2, -0.15) is 0 Å². The quantitative estimate of drug-likeness (QED) is 0.649. The molecule has 0 unspecified atom stereocenters. The smallest absolute Gasteiger partial charge is 0.335 e. The molecule has 4 aliphatic carbocycles. The molecule has 0 aromatic carbocycles. The molecule has 164 valence electrons. The Kier molecular flexibility index (Phi) is 4.42. The zero-order valence-corrected chi connectivity index (χ0v) is 17.7. The Bertz CT molecular complexity index is 904. The number of hydrogen-bond donors (Lipinski definition) is 3. The predicted molar refractivity (Wildman–Crippen MR) is 109 cm³/mol. The Morgan fingerprint density at radius 1 is 1.03 bits per heavy atom. The fourth-order valence-electron chi connectivity index (χ4n) is 8.09. The lowest BCUT2D eigenvalue weighted by molar-refractivity contribution is -0.230. The van der Waals surface area contributed by atoms with Crippen LogP contribution in [0.2, 0.25) is 0 Å². The normalized spacial score (nSPS) is 50.5. The van der Waals surface area contributed by atoms with Crippen molar-refractivity contribution in [3.63, 3.8) is 0 Å². The first-order valence-electron chi connectivity index (χ1n) is 11.3. The zero-order valence-electron chi connectivity index (χ0n) is 17.7. The molecule has 1 heterocycles. The van der Waals surface area contributed by atoms with E-state index in [0.717, 1.165) is 24.8 Å². The summed E-state index contributed by atoms with van der Waals surface area (Å²) in [6.07, 6.45) is 4.71. The van der Waals surface area contributed by atoms with Gasteiger partial charge in [-0.05, 0) is 79.7 Å². The number of fused-ring (bicyclic) bond motifs is 5. The lowest BCUT2D eigenvalue weighted by Gasteiger charge is -2.63. The van der Waals surface area contributed by atoms with Crippen LogP contribution in [0.5, 0.6) is 0 Å². The molecule has 5 rings (SSSR count). The summed E-state index contributed by atoms with van der Waals surface area (Å²) in [4.78, 5) is 25.1. The van der Waals surface area contributed by atoms with Crippen molar-refractivity contribution in [2.45, 2.75) is 82.5 Å². The minimum absolute atomic E-state index is 0.153. The molecule has 4 fully saturated rings. The molecule has 4 aliphatic rings. The van der Waals surface area contributed by atoms with Crippen LogP contribution in [-0.2, 0) is 4.79 Å². The van der Waals surface area contributed by atoms with Crippen molar-refractivity contribution in [2.75, 3.05) is 0 Å². The summed E-state index contributed by atoms with van der Waals surface area (Å²) < 4.78 is 5.07. The maximum absolute atomic E-state index is 13.7. The van der Waals surface area contributed by atoms with Crippen LogP contribution in [0.1, 0.15) is 70.3 Å². The van der Waals surface area contributed by atoms with E-state index in [9.17, 15) is 24.9 Å². The lowest BCUT2D eigenvalue weighted by atomic mass is 9.42. The number of Topliss-reactive ketones (excluding diaryl/α,β-unsaturated/α-hetero) is 1. The largest absolute Gasteiger partial charge is 0.431 e. The van der Waals surface area contributed by atoms with Gasteiger partial charge in [0.25, 0.3) is 0 Å². The summed E-state index contributed by atoms with van der Waals surface area (Å²) in [5.41, 5.74) is -2.17. The second kappa shape index (κ2) is 6.50. The third-order valence-corrected chi connectivity index (χ3v) is 9.80. The standard InChI is InChI=1S/C24H32O6/c1-22-9-7-15(25)11-14(22)4-5-17-19(22)20(27)21(28)23(2)16(8-10-24(17,23)29)13-3-6-18(26)30-12-13/h3,6,12,14-17,19,21,25,28-29H,4-5,7-11H2,1-2H3/t14-,15-,16+,17+,19+,21-,22-,23-,24-/m0/s1. The molecule has 3 N–H and O–H groups in total. The Hall–Kier alpha value is -1.50. The van der Waals surface area contributed by atoms with Gasteiger partial charge in [-0.15, -0.1) is 0 Å². The molecule has 0 radical (unpaired) electrons. The van der Waals surface area contributed by atoms with Gasteiger partial charge >= 0.3 is 5.63 Å². The minimum Gasteiger partial charge on any atom is -0.431 e. The topological polar surface area (TPSA) is 108 Å². The summed E-state index contributed by atoms with van der Waals surface area (Å²) in [7, 11) is 0. The molecule has 0 aliphatic heterocycles. The lowest BCUT2D eigenvalue weighted by Crippen LogP contribution is -2.70. The highest BCUT2D eigenvalue weighted by molar-refractivity contribution is 5.89. The number of carbonyl (C=O) groups is 1. The van der Waals surface area contributed by atoms with Crippen molar-refractivity contribution in [2.24, 2.45) is 28.6 Å². The van der Waals surface area contributed by atoms with Crippen LogP contribution < -0.4 is 5.63 Å². The number of carbonyl (C=O) groups excluding carboxylic acids is 1. The van der Waals surface area contributed by atoms with Crippen molar-refractivity contribution >= 4 is 5.78 Å². The first-order valence-corrected chi connectivity index (χ1v) is 11.3. The number of ketones is 1. The zero-order chi connectivity index (χ0) is 21.5. The number of rotatable bonds is 1. The molecule has 1 aromatic heterocycles. The average Bonchev–Trinajstić information content (AvgIpc) is 3.00. The summed E-state index contributed by atoms with van der Waals surface area (Å²) in [5.74, 6) is -0.752. The highest BCUT2D eigenvalue weighted by atomic mass is 16.4. The minimum atomic E-state index is -1.27. The maximum Gasteiger partial charge on any atom is 0.335 e. The summed E-state index contributed by atoms with van der Waals surface area (Å²) in [6, 6.07) is 3.05. The van der Waals surface area contributed by atoms with Crippen LogP contribution in [0.15, 0.2) is 27.6 Å². The van der Waals surface area contributed by atoms with Crippen LogP contribution in [0, 0.1) is 28.6 Å². The van der Waals surface area contributed by atoms with Gasteiger partial charge in [-0.25, -0.2) is 4.79 Å². The van der Waals surface area contributed by atoms with Crippen molar-refractivity contribution in [3.05, 3.63) is 34.4 Å².